The smallest absolute Gasteiger partial charge is 0.267 e. The van der Waals surface area contributed by atoms with Crippen molar-refractivity contribution in [1.82, 2.24) is 10.1 Å². The third-order valence-corrected chi connectivity index (χ3v) is 3.80. The number of halogens is 1. The second-order valence-corrected chi connectivity index (χ2v) is 5.49. The molecule has 0 bridgehead atoms. The van der Waals surface area contributed by atoms with Crippen LogP contribution in [-0.4, -0.2) is 30.6 Å². The zero-order chi connectivity index (χ0) is 18.4. The summed E-state index contributed by atoms with van der Waals surface area (Å²) in [6.07, 6.45) is 1.52. The first kappa shape index (κ1) is 17.8. The fourth-order valence-electron chi connectivity index (χ4n) is 2.27. The van der Waals surface area contributed by atoms with E-state index in [-0.39, 0.29) is 12.5 Å². The highest BCUT2D eigenvalue weighted by molar-refractivity contribution is 6.33. The van der Waals surface area contributed by atoms with Crippen LogP contribution in [0, 0.1) is 0 Å². The summed E-state index contributed by atoms with van der Waals surface area (Å²) in [5.74, 6) is 1.86. The molecule has 0 amide bonds. The molecule has 0 spiro atoms. The van der Waals surface area contributed by atoms with Gasteiger partial charge in [-0.1, -0.05) is 40.1 Å². The van der Waals surface area contributed by atoms with Gasteiger partial charge in [0.15, 0.2) is 18.1 Å². The van der Waals surface area contributed by atoms with Gasteiger partial charge in [-0.15, -0.1) is 0 Å². The number of para-hydroxylation sites is 1. The van der Waals surface area contributed by atoms with Crippen LogP contribution in [0.1, 0.15) is 11.5 Å². The molecule has 3 aromatic rings. The standard InChI is InChI=1S/C18H16ClN3O4/c1-23-15-9-5-6-12(17(15)24-2)10-20-25-11-16-21-18(22-26-16)13-7-3-4-8-14(13)19/h3-10H,11H2,1-2H3/b20-10-. The van der Waals surface area contributed by atoms with Gasteiger partial charge in [-0.3, -0.25) is 0 Å². The van der Waals surface area contributed by atoms with Crippen LogP contribution in [0.25, 0.3) is 11.4 Å². The van der Waals surface area contributed by atoms with Gasteiger partial charge in [0.05, 0.1) is 25.5 Å². The summed E-state index contributed by atoms with van der Waals surface area (Å²) in [6, 6.07) is 12.7. The van der Waals surface area contributed by atoms with Crippen LogP contribution in [-0.2, 0) is 11.4 Å². The van der Waals surface area contributed by atoms with Crippen molar-refractivity contribution in [2.75, 3.05) is 14.2 Å². The summed E-state index contributed by atoms with van der Waals surface area (Å²) < 4.78 is 15.7. The minimum absolute atomic E-state index is 0.0280. The summed E-state index contributed by atoms with van der Waals surface area (Å²) >= 11 is 6.12. The van der Waals surface area contributed by atoms with Crippen molar-refractivity contribution in [3.05, 3.63) is 58.9 Å². The lowest BCUT2D eigenvalue weighted by molar-refractivity contribution is 0.107. The predicted molar refractivity (Wildman–Crippen MR) is 96.7 cm³/mol. The molecule has 1 heterocycles. The first-order valence-electron chi connectivity index (χ1n) is 7.66. The lowest BCUT2D eigenvalue weighted by Gasteiger charge is -2.09. The van der Waals surface area contributed by atoms with Gasteiger partial charge in [-0.05, 0) is 24.3 Å². The predicted octanol–water partition coefficient (Wildman–Crippen LogP) is 3.96. The number of hydrogen-bond acceptors (Lipinski definition) is 7. The Bertz CT molecular complexity index is 911. The average Bonchev–Trinajstić information content (AvgIpc) is 3.13. The van der Waals surface area contributed by atoms with Gasteiger partial charge in [0, 0.05) is 11.1 Å². The second kappa shape index (κ2) is 8.35. The number of aromatic nitrogens is 2. The van der Waals surface area contributed by atoms with E-state index in [0.717, 1.165) is 0 Å². The summed E-state index contributed by atoms with van der Waals surface area (Å²) in [7, 11) is 3.13. The Hall–Kier alpha value is -3.06. The van der Waals surface area contributed by atoms with Crippen LogP contribution in [0.4, 0.5) is 0 Å². The molecule has 0 atom stereocenters. The first-order chi connectivity index (χ1) is 12.7. The van der Waals surface area contributed by atoms with Gasteiger partial charge in [0.2, 0.25) is 5.82 Å². The Morgan fingerprint density at radius 2 is 1.96 bits per heavy atom. The van der Waals surface area contributed by atoms with E-state index in [0.29, 0.717) is 33.5 Å². The van der Waals surface area contributed by atoms with Crippen LogP contribution < -0.4 is 9.47 Å². The largest absolute Gasteiger partial charge is 0.493 e. The highest BCUT2D eigenvalue weighted by Gasteiger charge is 2.12. The molecule has 0 saturated carbocycles. The summed E-state index contributed by atoms with van der Waals surface area (Å²) in [5, 5.41) is 8.35. The number of ether oxygens (including phenoxy) is 2. The van der Waals surface area contributed by atoms with E-state index in [1.54, 1.807) is 26.4 Å². The Morgan fingerprint density at radius 3 is 2.73 bits per heavy atom. The minimum atomic E-state index is 0.0280. The van der Waals surface area contributed by atoms with Crippen LogP contribution in [0.5, 0.6) is 11.5 Å². The molecule has 0 fully saturated rings. The Labute approximate surface area is 155 Å². The Morgan fingerprint density at radius 1 is 1.12 bits per heavy atom. The molecule has 2 aromatic carbocycles. The van der Waals surface area contributed by atoms with Gasteiger partial charge in [0.25, 0.3) is 5.89 Å². The average molecular weight is 374 g/mol. The molecule has 3 rings (SSSR count). The summed E-state index contributed by atoms with van der Waals surface area (Å²) in [6.45, 7) is 0.0280. The van der Waals surface area contributed by atoms with Crippen LogP contribution >= 0.6 is 11.6 Å². The van der Waals surface area contributed by atoms with E-state index in [9.17, 15) is 0 Å². The molecular weight excluding hydrogens is 358 g/mol. The second-order valence-electron chi connectivity index (χ2n) is 5.08. The van der Waals surface area contributed by atoms with Crippen LogP contribution in [0.15, 0.2) is 52.1 Å². The van der Waals surface area contributed by atoms with Crippen molar-refractivity contribution in [2.24, 2.45) is 5.16 Å². The summed E-state index contributed by atoms with van der Waals surface area (Å²) in [4.78, 5) is 9.46. The molecule has 0 radical (unpaired) electrons. The molecule has 0 aliphatic rings. The minimum Gasteiger partial charge on any atom is -0.493 e. The number of nitrogens with zero attached hydrogens (tertiary/aromatic N) is 3. The van der Waals surface area contributed by atoms with E-state index >= 15 is 0 Å². The number of hydrogen-bond donors (Lipinski definition) is 0. The zero-order valence-corrected chi connectivity index (χ0v) is 14.9. The van der Waals surface area contributed by atoms with E-state index < -0.39 is 0 Å². The van der Waals surface area contributed by atoms with Gasteiger partial charge in [-0.25, -0.2) is 0 Å². The lowest BCUT2D eigenvalue weighted by atomic mass is 10.2. The molecular formula is C18H16ClN3O4. The van der Waals surface area contributed by atoms with Crippen molar-refractivity contribution in [3.8, 4) is 22.9 Å². The maximum absolute atomic E-state index is 6.12. The molecule has 8 heteroatoms. The monoisotopic (exact) mass is 373 g/mol. The van der Waals surface area contributed by atoms with Crippen LogP contribution in [0.3, 0.4) is 0 Å². The fraction of sp³-hybridized carbons (Fsp3) is 0.167. The van der Waals surface area contributed by atoms with Crippen molar-refractivity contribution in [2.45, 2.75) is 6.61 Å². The topological polar surface area (TPSA) is 79.0 Å². The lowest BCUT2D eigenvalue weighted by Crippen LogP contribution is -1.95. The molecule has 26 heavy (non-hydrogen) atoms. The molecule has 1 aromatic heterocycles. The van der Waals surface area contributed by atoms with Gasteiger partial charge >= 0.3 is 0 Å². The molecule has 0 unspecified atom stereocenters. The van der Waals surface area contributed by atoms with E-state index in [2.05, 4.69) is 15.3 Å². The SMILES string of the molecule is COc1cccc(/C=N\OCc2nc(-c3ccccc3Cl)no2)c1OC. The van der Waals surface area contributed by atoms with Gasteiger partial charge < -0.3 is 18.8 Å². The van der Waals surface area contributed by atoms with Crippen molar-refractivity contribution in [3.63, 3.8) is 0 Å². The molecule has 0 N–H and O–H groups in total. The maximum atomic E-state index is 6.12. The third-order valence-electron chi connectivity index (χ3n) is 3.47. The van der Waals surface area contributed by atoms with Crippen molar-refractivity contribution >= 4 is 17.8 Å². The number of rotatable bonds is 7. The molecule has 0 aliphatic carbocycles. The molecule has 0 saturated heterocycles. The maximum Gasteiger partial charge on any atom is 0.267 e. The number of oxime groups is 1. The van der Waals surface area contributed by atoms with E-state index in [1.807, 2.05) is 30.3 Å². The van der Waals surface area contributed by atoms with Crippen molar-refractivity contribution in [1.29, 1.82) is 0 Å². The molecule has 7 nitrogen and oxygen atoms in total. The van der Waals surface area contributed by atoms with Crippen molar-refractivity contribution < 1.29 is 18.8 Å². The van der Waals surface area contributed by atoms with E-state index in [4.69, 9.17) is 30.4 Å². The molecule has 134 valence electrons. The fourth-order valence-corrected chi connectivity index (χ4v) is 2.49. The molecule has 0 aliphatic heterocycles. The number of methoxy groups -OCH3 is 2. The highest BCUT2D eigenvalue weighted by atomic mass is 35.5. The highest BCUT2D eigenvalue weighted by Crippen LogP contribution is 2.29. The Balaban J connectivity index is 1.64. The van der Waals surface area contributed by atoms with Crippen LogP contribution in [0.2, 0.25) is 5.02 Å². The van der Waals surface area contributed by atoms with E-state index in [1.165, 1.54) is 6.21 Å². The quantitative estimate of drug-likeness (QED) is 0.460. The third kappa shape index (κ3) is 3.94. The number of benzene rings is 2. The van der Waals surface area contributed by atoms with Gasteiger partial charge in [-0.2, -0.15) is 4.98 Å². The Kier molecular flexibility index (Phi) is 5.70. The van der Waals surface area contributed by atoms with Gasteiger partial charge in [0.1, 0.15) is 0 Å². The zero-order valence-electron chi connectivity index (χ0n) is 14.2. The first-order valence-corrected chi connectivity index (χ1v) is 8.04. The normalized spacial score (nSPS) is 10.9. The summed E-state index contributed by atoms with van der Waals surface area (Å²) in [5.41, 5.74) is 1.41.